The summed E-state index contributed by atoms with van der Waals surface area (Å²) >= 11 is 12.7. The van der Waals surface area contributed by atoms with E-state index in [2.05, 4.69) is 0 Å². The van der Waals surface area contributed by atoms with Crippen LogP contribution in [0.5, 0.6) is 0 Å². The molecule has 2 aliphatic rings. The van der Waals surface area contributed by atoms with E-state index in [4.69, 9.17) is 23.2 Å². The fourth-order valence-corrected chi connectivity index (χ4v) is 3.98. The third-order valence-corrected chi connectivity index (χ3v) is 5.89. The number of allylic oxidation sites excluding steroid dienone is 6. The minimum atomic E-state index is -2.41. The van der Waals surface area contributed by atoms with E-state index in [1.165, 1.54) is 12.2 Å². The summed E-state index contributed by atoms with van der Waals surface area (Å²) < 4.78 is 0. The second-order valence-electron chi connectivity index (χ2n) is 7.07. The Kier molecular flexibility index (Phi) is 5.32. The van der Waals surface area contributed by atoms with Crippen molar-refractivity contribution in [3.8, 4) is 0 Å². The van der Waals surface area contributed by atoms with Crippen molar-refractivity contribution in [2.24, 2.45) is 0 Å². The SMILES string of the molecule is OC1(O)C=CC(=C2C=C(c3ccccc3)C(O)(O)C(Cl)=C2c2ccccc2)C=C1Cl. The predicted octanol–water partition coefficient (Wildman–Crippen LogP) is 4.08. The van der Waals surface area contributed by atoms with Crippen molar-refractivity contribution in [1.82, 2.24) is 0 Å². The van der Waals surface area contributed by atoms with Crippen LogP contribution in [0, 0.1) is 0 Å². The molecule has 2 aromatic carbocycles. The Balaban J connectivity index is 2.02. The highest BCUT2D eigenvalue weighted by molar-refractivity contribution is 6.36. The van der Waals surface area contributed by atoms with Gasteiger partial charge in [-0.05, 0) is 40.5 Å². The van der Waals surface area contributed by atoms with Crippen molar-refractivity contribution in [2.45, 2.75) is 11.6 Å². The standard InChI is InChI=1S/C24H18Cl2O4/c25-20-13-17(11-12-23(20,27)28)18-14-19(15-7-3-1-4-8-15)24(29,30)22(26)21(18)16-9-5-2-6-10-16/h1-14,27-30H. The molecule has 152 valence electrons. The second kappa shape index (κ2) is 7.67. The van der Waals surface area contributed by atoms with Gasteiger partial charge in [0.25, 0.3) is 0 Å². The van der Waals surface area contributed by atoms with Gasteiger partial charge in [0.05, 0.1) is 10.1 Å². The Morgan fingerprint density at radius 2 is 1.27 bits per heavy atom. The Bertz CT molecular complexity index is 1140. The van der Waals surface area contributed by atoms with E-state index >= 15 is 0 Å². The van der Waals surface area contributed by atoms with Crippen molar-refractivity contribution in [1.29, 1.82) is 0 Å². The number of hydrogen-bond acceptors (Lipinski definition) is 4. The third kappa shape index (κ3) is 3.59. The van der Waals surface area contributed by atoms with Crippen LogP contribution in [-0.4, -0.2) is 32.0 Å². The number of aliphatic hydroxyl groups is 4. The minimum Gasteiger partial charge on any atom is -0.358 e. The van der Waals surface area contributed by atoms with Crippen LogP contribution >= 0.6 is 23.2 Å². The van der Waals surface area contributed by atoms with Gasteiger partial charge in [-0.25, -0.2) is 0 Å². The highest BCUT2D eigenvalue weighted by Crippen LogP contribution is 2.47. The van der Waals surface area contributed by atoms with Gasteiger partial charge in [0.2, 0.25) is 11.6 Å². The van der Waals surface area contributed by atoms with Crippen LogP contribution in [0.4, 0.5) is 0 Å². The van der Waals surface area contributed by atoms with Gasteiger partial charge in [-0.3, -0.25) is 0 Å². The van der Waals surface area contributed by atoms with Crippen LogP contribution in [0.3, 0.4) is 0 Å². The van der Waals surface area contributed by atoms with Crippen LogP contribution in [0.2, 0.25) is 0 Å². The quantitative estimate of drug-likeness (QED) is 0.530. The Morgan fingerprint density at radius 3 is 1.83 bits per heavy atom. The van der Waals surface area contributed by atoms with Crippen molar-refractivity contribution in [2.75, 3.05) is 0 Å². The molecule has 6 heteroatoms. The van der Waals surface area contributed by atoms with Crippen LogP contribution in [0.15, 0.2) is 106 Å². The fourth-order valence-electron chi connectivity index (χ4n) is 3.49. The first kappa shape index (κ1) is 20.8. The van der Waals surface area contributed by atoms with Crippen molar-refractivity contribution >= 4 is 34.3 Å². The molecule has 0 aliphatic heterocycles. The van der Waals surface area contributed by atoms with Crippen molar-refractivity contribution in [3.05, 3.63) is 117 Å². The van der Waals surface area contributed by atoms with Crippen molar-refractivity contribution < 1.29 is 20.4 Å². The minimum absolute atomic E-state index is 0.166. The summed E-state index contributed by atoms with van der Waals surface area (Å²) in [7, 11) is 0. The maximum atomic E-state index is 11.0. The van der Waals surface area contributed by atoms with Gasteiger partial charge < -0.3 is 20.4 Å². The highest BCUT2D eigenvalue weighted by atomic mass is 35.5. The highest BCUT2D eigenvalue weighted by Gasteiger charge is 2.41. The largest absolute Gasteiger partial charge is 0.358 e. The topological polar surface area (TPSA) is 80.9 Å². The van der Waals surface area contributed by atoms with Crippen LogP contribution in [0.25, 0.3) is 11.1 Å². The maximum absolute atomic E-state index is 11.0. The zero-order chi connectivity index (χ0) is 21.5. The van der Waals surface area contributed by atoms with E-state index in [9.17, 15) is 20.4 Å². The molecule has 4 nitrogen and oxygen atoms in total. The number of benzene rings is 2. The molecule has 2 aliphatic carbocycles. The summed E-state index contributed by atoms with van der Waals surface area (Å²) in [4.78, 5) is 0. The summed E-state index contributed by atoms with van der Waals surface area (Å²) in [5.74, 6) is -4.67. The van der Waals surface area contributed by atoms with Gasteiger partial charge >= 0.3 is 0 Å². The molecule has 2 aromatic rings. The zero-order valence-corrected chi connectivity index (χ0v) is 17.1. The first-order valence-corrected chi connectivity index (χ1v) is 9.92. The smallest absolute Gasteiger partial charge is 0.229 e. The van der Waals surface area contributed by atoms with E-state index in [1.807, 2.05) is 24.3 Å². The molecule has 0 heterocycles. The number of halogens is 2. The molecule has 0 aromatic heterocycles. The lowest BCUT2D eigenvalue weighted by molar-refractivity contribution is -0.0789. The Hall–Kier alpha value is -2.44. The molecule has 4 N–H and O–H groups in total. The molecular weight excluding hydrogens is 423 g/mol. The summed E-state index contributed by atoms with van der Waals surface area (Å²) in [6.07, 6.45) is 5.72. The van der Waals surface area contributed by atoms with Gasteiger partial charge in [0.1, 0.15) is 0 Å². The molecule has 0 fully saturated rings. The lowest BCUT2D eigenvalue weighted by Crippen LogP contribution is -2.34. The average molecular weight is 441 g/mol. The van der Waals surface area contributed by atoms with E-state index in [0.29, 0.717) is 27.8 Å². The molecule has 0 spiro atoms. The zero-order valence-electron chi connectivity index (χ0n) is 15.6. The molecule has 30 heavy (non-hydrogen) atoms. The number of hydrogen-bond donors (Lipinski definition) is 4. The number of rotatable bonds is 2. The molecule has 0 atom stereocenters. The molecule has 0 saturated carbocycles. The summed E-state index contributed by atoms with van der Waals surface area (Å²) in [6.45, 7) is 0. The van der Waals surface area contributed by atoms with E-state index in [0.717, 1.165) is 6.08 Å². The fraction of sp³-hybridized carbons (Fsp3) is 0.0833. The van der Waals surface area contributed by atoms with Gasteiger partial charge in [-0.15, -0.1) is 0 Å². The van der Waals surface area contributed by atoms with Crippen LogP contribution < -0.4 is 0 Å². The van der Waals surface area contributed by atoms with Crippen LogP contribution in [0.1, 0.15) is 11.1 Å². The molecule has 0 radical (unpaired) electrons. The molecule has 0 bridgehead atoms. The Labute approximate surface area is 183 Å². The lowest BCUT2D eigenvalue weighted by Gasteiger charge is -2.33. The van der Waals surface area contributed by atoms with E-state index in [-0.39, 0.29) is 15.6 Å². The summed E-state index contributed by atoms with van der Waals surface area (Å²) in [6, 6.07) is 18.0. The van der Waals surface area contributed by atoms with E-state index < -0.39 is 11.6 Å². The summed E-state index contributed by atoms with van der Waals surface area (Å²) in [5.41, 5.74) is 2.96. The van der Waals surface area contributed by atoms with Crippen molar-refractivity contribution in [3.63, 3.8) is 0 Å². The summed E-state index contributed by atoms with van der Waals surface area (Å²) in [5, 5.41) is 41.4. The average Bonchev–Trinajstić information content (AvgIpc) is 2.73. The third-order valence-electron chi connectivity index (χ3n) is 5.05. The van der Waals surface area contributed by atoms with Gasteiger partial charge in [0, 0.05) is 11.1 Å². The monoisotopic (exact) mass is 440 g/mol. The first-order valence-electron chi connectivity index (χ1n) is 9.16. The molecule has 0 unspecified atom stereocenters. The lowest BCUT2D eigenvalue weighted by atomic mass is 9.81. The van der Waals surface area contributed by atoms with Crippen LogP contribution in [-0.2, 0) is 0 Å². The molecule has 4 rings (SSSR count). The van der Waals surface area contributed by atoms with E-state index in [1.54, 1.807) is 42.5 Å². The van der Waals surface area contributed by atoms with Gasteiger partial charge in [-0.2, -0.15) is 0 Å². The van der Waals surface area contributed by atoms with Gasteiger partial charge in [0.15, 0.2) is 0 Å². The first-order chi connectivity index (χ1) is 14.2. The van der Waals surface area contributed by atoms with Gasteiger partial charge in [-0.1, -0.05) is 89.9 Å². The predicted molar refractivity (Wildman–Crippen MR) is 118 cm³/mol. The Morgan fingerprint density at radius 1 is 0.700 bits per heavy atom. The molecule has 0 amide bonds. The molecule has 0 saturated heterocycles. The maximum Gasteiger partial charge on any atom is 0.229 e. The molecular formula is C24H18Cl2O4. The normalized spacial score (nSPS) is 22.6. The second-order valence-corrected chi connectivity index (χ2v) is 7.86.